The lowest BCUT2D eigenvalue weighted by molar-refractivity contribution is -0.122. The molecule has 0 bridgehead atoms. The van der Waals surface area contributed by atoms with Gasteiger partial charge in [-0.3, -0.25) is 14.5 Å². The number of rotatable bonds is 1. The predicted molar refractivity (Wildman–Crippen MR) is 64.0 cm³/mol. The van der Waals surface area contributed by atoms with Crippen LogP contribution in [-0.2, 0) is 11.8 Å². The summed E-state index contributed by atoms with van der Waals surface area (Å²) < 4.78 is 1.53. The van der Waals surface area contributed by atoms with Crippen LogP contribution in [0.5, 0.6) is 0 Å². The third-order valence-electron chi connectivity index (χ3n) is 3.07. The van der Waals surface area contributed by atoms with E-state index in [9.17, 15) is 9.59 Å². The van der Waals surface area contributed by atoms with Crippen molar-refractivity contribution >= 4 is 22.8 Å². The highest BCUT2D eigenvalue weighted by molar-refractivity contribution is 5.99. The van der Waals surface area contributed by atoms with E-state index in [2.05, 4.69) is 4.98 Å². The minimum absolute atomic E-state index is 0.0371. The Labute approximate surface area is 97.3 Å². The first kappa shape index (κ1) is 10.0. The molecule has 5 heteroatoms. The summed E-state index contributed by atoms with van der Waals surface area (Å²) in [6, 6.07) is 7.40. The molecule has 3 rings (SSSR count). The molecule has 5 nitrogen and oxygen atoms in total. The first-order valence-electron chi connectivity index (χ1n) is 5.44. The molecular formula is C12H11N3O2. The fourth-order valence-electron chi connectivity index (χ4n) is 1.98. The molecule has 0 radical (unpaired) electrons. The molecule has 2 heterocycles. The van der Waals surface area contributed by atoms with E-state index in [1.54, 1.807) is 7.05 Å². The highest BCUT2D eigenvalue weighted by Crippen LogP contribution is 2.18. The van der Waals surface area contributed by atoms with Gasteiger partial charge in [0, 0.05) is 20.0 Å². The van der Waals surface area contributed by atoms with Crippen LogP contribution in [-0.4, -0.2) is 22.0 Å². The molecule has 1 amide bonds. The van der Waals surface area contributed by atoms with Gasteiger partial charge in [0.15, 0.2) is 0 Å². The number of para-hydroxylation sites is 2. The van der Waals surface area contributed by atoms with Crippen molar-refractivity contribution in [2.75, 3.05) is 11.4 Å². The molecule has 0 unspecified atom stereocenters. The van der Waals surface area contributed by atoms with Gasteiger partial charge >= 0.3 is 0 Å². The molecule has 1 aliphatic heterocycles. The molecular weight excluding hydrogens is 218 g/mol. The van der Waals surface area contributed by atoms with Gasteiger partial charge in [-0.25, -0.2) is 4.98 Å². The smallest absolute Gasteiger partial charge is 0.294 e. The van der Waals surface area contributed by atoms with Crippen LogP contribution in [0.1, 0.15) is 6.42 Å². The van der Waals surface area contributed by atoms with Crippen molar-refractivity contribution in [1.29, 1.82) is 0 Å². The van der Waals surface area contributed by atoms with Crippen LogP contribution >= 0.6 is 0 Å². The number of hydrogen-bond acceptors (Lipinski definition) is 3. The number of benzene rings is 1. The number of carbonyl (C=O) groups excluding carboxylic acids is 1. The van der Waals surface area contributed by atoms with Gasteiger partial charge < -0.3 is 4.57 Å². The van der Waals surface area contributed by atoms with Crippen LogP contribution in [0.3, 0.4) is 0 Å². The molecule has 0 N–H and O–H groups in total. The van der Waals surface area contributed by atoms with E-state index >= 15 is 0 Å². The number of nitrogens with zero attached hydrogens (tertiary/aromatic N) is 3. The zero-order valence-corrected chi connectivity index (χ0v) is 9.38. The van der Waals surface area contributed by atoms with Crippen molar-refractivity contribution in [2.24, 2.45) is 7.05 Å². The molecule has 0 aliphatic carbocycles. The molecule has 2 aromatic rings. The van der Waals surface area contributed by atoms with Gasteiger partial charge in [-0.1, -0.05) is 12.1 Å². The Morgan fingerprint density at radius 3 is 2.65 bits per heavy atom. The molecule has 0 atom stereocenters. The van der Waals surface area contributed by atoms with Gasteiger partial charge in [-0.15, -0.1) is 0 Å². The number of fused-ring (bicyclic) bond motifs is 1. The molecule has 1 aliphatic rings. The van der Waals surface area contributed by atoms with Gasteiger partial charge in [0.1, 0.15) is 0 Å². The highest BCUT2D eigenvalue weighted by Gasteiger charge is 2.29. The fourth-order valence-corrected chi connectivity index (χ4v) is 1.98. The van der Waals surface area contributed by atoms with E-state index in [1.807, 2.05) is 24.3 Å². The first-order chi connectivity index (χ1) is 8.18. The Kier molecular flexibility index (Phi) is 2.01. The summed E-state index contributed by atoms with van der Waals surface area (Å²) in [5, 5.41) is 0. The van der Waals surface area contributed by atoms with Crippen molar-refractivity contribution in [3.05, 3.63) is 34.6 Å². The van der Waals surface area contributed by atoms with Gasteiger partial charge in [0.2, 0.25) is 11.7 Å². The maximum Gasteiger partial charge on any atom is 0.294 e. The second-order valence-corrected chi connectivity index (χ2v) is 4.08. The second kappa shape index (κ2) is 3.41. The molecule has 17 heavy (non-hydrogen) atoms. The van der Waals surface area contributed by atoms with Crippen molar-refractivity contribution < 1.29 is 4.79 Å². The maximum atomic E-state index is 12.1. The molecule has 1 saturated heterocycles. The standard InChI is InChI=1S/C12H11N3O2/c1-14-9-5-3-2-4-8(9)13-11(12(14)17)15-7-6-10(15)16/h2-5H,6-7H2,1H3. The lowest BCUT2D eigenvalue weighted by Crippen LogP contribution is -2.47. The van der Waals surface area contributed by atoms with Gasteiger partial charge in [0.05, 0.1) is 11.0 Å². The van der Waals surface area contributed by atoms with E-state index in [4.69, 9.17) is 0 Å². The van der Waals surface area contributed by atoms with Crippen LogP contribution in [0.2, 0.25) is 0 Å². The monoisotopic (exact) mass is 229 g/mol. The fraction of sp³-hybridized carbons (Fsp3) is 0.250. The number of anilines is 1. The largest absolute Gasteiger partial charge is 0.307 e. The summed E-state index contributed by atoms with van der Waals surface area (Å²) in [6.45, 7) is 0.583. The predicted octanol–water partition coefficient (Wildman–Crippen LogP) is 0.670. The first-order valence-corrected chi connectivity index (χ1v) is 5.44. The van der Waals surface area contributed by atoms with Gasteiger partial charge in [-0.05, 0) is 12.1 Å². The zero-order chi connectivity index (χ0) is 12.0. The van der Waals surface area contributed by atoms with Crippen molar-refractivity contribution in [1.82, 2.24) is 9.55 Å². The number of amides is 1. The van der Waals surface area contributed by atoms with Crippen LogP contribution in [0, 0.1) is 0 Å². The number of aryl methyl sites for hydroxylation is 1. The lowest BCUT2D eigenvalue weighted by Gasteiger charge is -2.29. The highest BCUT2D eigenvalue weighted by atomic mass is 16.2. The summed E-state index contributed by atoms with van der Waals surface area (Å²) in [7, 11) is 1.69. The molecule has 86 valence electrons. The molecule has 0 saturated carbocycles. The quantitative estimate of drug-likeness (QED) is 0.675. The maximum absolute atomic E-state index is 12.1. The normalized spacial score (nSPS) is 15.1. The molecule has 0 spiro atoms. The number of β-lactam (4-membered cyclic amide) rings is 1. The summed E-state index contributed by atoms with van der Waals surface area (Å²) in [4.78, 5) is 29.2. The lowest BCUT2D eigenvalue weighted by atomic mass is 10.2. The minimum Gasteiger partial charge on any atom is -0.307 e. The number of hydrogen-bond donors (Lipinski definition) is 0. The summed E-state index contributed by atoms with van der Waals surface area (Å²) in [5.74, 6) is 0.201. The van der Waals surface area contributed by atoms with Gasteiger partial charge in [-0.2, -0.15) is 0 Å². The SMILES string of the molecule is Cn1c(=O)c(N2CCC2=O)nc2ccccc21. The Morgan fingerprint density at radius 2 is 2.00 bits per heavy atom. The Morgan fingerprint density at radius 1 is 1.24 bits per heavy atom. The van der Waals surface area contributed by atoms with Crippen LogP contribution in [0.4, 0.5) is 5.82 Å². The van der Waals surface area contributed by atoms with Crippen LogP contribution in [0.25, 0.3) is 11.0 Å². The van der Waals surface area contributed by atoms with Crippen LogP contribution < -0.4 is 10.5 Å². The number of aromatic nitrogens is 2. The number of carbonyl (C=O) groups is 1. The van der Waals surface area contributed by atoms with Crippen LogP contribution in [0.15, 0.2) is 29.1 Å². The minimum atomic E-state index is -0.225. The summed E-state index contributed by atoms with van der Waals surface area (Å²) in [6.07, 6.45) is 0.498. The van der Waals surface area contributed by atoms with Crippen molar-refractivity contribution in [3.8, 4) is 0 Å². The van der Waals surface area contributed by atoms with Gasteiger partial charge in [0.25, 0.3) is 5.56 Å². The average Bonchev–Trinajstić information content (AvgIpc) is 2.34. The Hall–Kier alpha value is -2.17. The Bertz CT molecular complexity index is 675. The summed E-state index contributed by atoms with van der Waals surface area (Å²) >= 11 is 0. The second-order valence-electron chi connectivity index (χ2n) is 4.08. The topological polar surface area (TPSA) is 55.2 Å². The third-order valence-corrected chi connectivity index (χ3v) is 3.07. The third kappa shape index (κ3) is 1.35. The van der Waals surface area contributed by atoms with E-state index in [-0.39, 0.29) is 17.3 Å². The zero-order valence-electron chi connectivity index (χ0n) is 9.38. The molecule has 1 fully saturated rings. The van der Waals surface area contributed by atoms with Crippen molar-refractivity contribution in [2.45, 2.75) is 6.42 Å². The molecule has 1 aromatic heterocycles. The molecule has 1 aromatic carbocycles. The van der Waals surface area contributed by atoms with E-state index in [0.29, 0.717) is 13.0 Å². The van der Waals surface area contributed by atoms with E-state index in [0.717, 1.165) is 11.0 Å². The van der Waals surface area contributed by atoms with Crippen molar-refractivity contribution in [3.63, 3.8) is 0 Å². The summed E-state index contributed by atoms with van der Waals surface area (Å²) in [5.41, 5.74) is 1.27. The van der Waals surface area contributed by atoms with E-state index < -0.39 is 0 Å². The Balaban J connectivity index is 2.29. The average molecular weight is 229 g/mol. The van der Waals surface area contributed by atoms with E-state index in [1.165, 1.54) is 9.47 Å².